The van der Waals surface area contributed by atoms with Gasteiger partial charge in [-0.15, -0.1) is 0 Å². The third-order valence-corrected chi connectivity index (χ3v) is 11.3. The molecule has 8 heteroatoms. The summed E-state index contributed by atoms with van der Waals surface area (Å²) in [4.78, 5) is 27.3. The monoisotopic (exact) mass is 779 g/mol. The molecule has 1 N–H and O–H groups in total. The van der Waals surface area contributed by atoms with Crippen LogP contribution in [-0.4, -0.2) is 60.4 Å². The summed E-state index contributed by atoms with van der Waals surface area (Å²) >= 11 is 7.09. The molecule has 1 aliphatic heterocycles. The third-order valence-electron chi connectivity index (χ3n) is 11.0. The molecule has 0 aromatic heterocycles. The molecule has 1 saturated heterocycles. The number of hydrogen-bond acceptors (Lipinski definition) is 7. The van der Waals surface area contributed by atoms with E-state index in [1.165, 1.54) is 0 Å². The molecule has 0 saturated carbocycles. The molecule has 0 radical (unpaired) electrons. The second-order valence-electron chi connectivity index (χ2n) is 15.6. The van der Waals surface area contributed by atoms with Crippen molar-refractivity contribution >= 4 is 23.2 Å². The van der Waals surface area contributed by atoms with E-state index >= 15 is 0 Å². The zero-order valence-electron chi connectivity index (χ0n) is 34.4. The van der Waals surface area contributed by atoms with Gasteiger partial charge in [0.2, 0.25) is 0 Å². The molecule has 56 heavy (non-hydrogen) atoms. The van der Waals surface area contributed by atoms with Crippen LogP contribution in [0.2, 0.25) is 5.02 Å². The van der Waals surface area contributed by atoms with Crippen molar-refractivity contribution in [2.75, 3.05) is 26.7 Å². The highest BCUT2D eigenvalue weighted by Crippen LogP contribution is 2.45. The first-order valence-electron chi connectivity index (χ1n) is 20.6. The van der Waals surface area contributed by atoms with Gasteiger partial charge >= 0.3 is 0 Å². The van der Waals surface area contributed by atoms with E-state index in [1.54, 1.807) is 7.11 Å². The standard InChI is InChI=1S/C48H62ClN3O4/c1-7-9-10-14-23-45(53)43(31-35(3)4)50-33-46(54)44-22-17-30-52(44)51(8-2)34-37-26-29-40(55-6)32-47(37)56-48(38-18-12-11-13-19-38,39-27-24-36(5)25-28-39)41-20-15-16-21-42(41)49/h11-13,15-16,18-21,24-29,32,35,43-44,50H,7-10,14,17,22-23,30-31,33-34H2,1-6H3/t43-,44-,48?/m0/s1. The van der Waals surface area contributed by atoms with Gasteiger partial charge in [-0.3, -0.25) is 9.59 Å². The van der Waals surface area contributed by atoms with Crippen molar-refractivity contribution in [2.24, 2.45) is 5.92 Å². The van der Waals surface area contributed by atoms with Crippen molar-refractivity contribution < 1.29 is 19.1 Å². The Morgan fingerprint density at radius 1 is 0.929 bits per heavy atom. The van der Waals surface area contributed by atoms with Gasteiger partial charge in [-0.1, -0.05) is 143 Å². The number of halogens is 1. The molecule has 0 amide bonds. The van der Waals surface area contributed by atoms with Crippen LogP contribution in [0, 0.1) is 12.8 Å². The Morgan fingerprint density at radius 2 is 1.64 bits per heavy atom. The molecule has 1 fully saturated rings. The molecule has 7 nitrogen and oxygen atoms in total. The van der Waals surface area contributed by atoms with E-state index in [-0.39, 0.29) is 30.2 Å². The Bertz CT molecular complexity index is 1850. The lowest BCUT2D eigenvalue weighted by Crippen LogP contribution is -2.51. The van der Waals surface area contributed by atoms with Gasteiger partial charge in [0.15, 0.2) is 11.4 Å². The number of carbonyl (C=O) groups excluding carboxylic acids is 2. The number of rotatable bonds is 22. The highest BCUT2D eigenvalue weighted by atomic mass is 35.5. The van der Waals surface area contributed by atoms with Gasteiger partial charge in [0, 0.05) is 59.4 Å². The van der Waals surface area contributed by atoms with Gasteiger partial charge in [-0.2, -0.15) is 0 Å². The van der Waals surface area contributed by atoms with E-state index in [0.717, 1.165) is 79.3 Å². The lowest BCUT2D eigenvalue weighted by atomic mass is 9.79. The Balaban J connectivity index is 1.45. The number of ketones is 2. The highest BCUT2D eigenvalue weighted by Gasteiger charge is 2.42. The first kappa shape index (κ1) is 43.1. The minimum absolute atomic E-state index is 0.126. The summed E-state index contributed by atoms with van der Waals surface area (Å²) < 4.78 is 13.3. The number of ether oxygens (including phenoxy) is 2. The average molecular weight is 780 g/mol. The van der Waals surface area contributed by atoms with Crippen molar-refractivity contribution in [1.29, 1.82) is 0 Å². The summed E-state index contributed by atoms with van der Waals surface area (Å²) in [6.45, 7) is 12.8. The summed E-state index contributed by atoms with van der Waals surface area (Å²) in [5.74, 6) is 2.03. The normalized spacial score (nSPS) is 16.2. The van der Waals surface area contributed by atoms with Crippen LogP contribution < -0.4 is 14.8 Å². The fourth-order valence-corrected chi connectivity index (χ4v) is 8.22. The Labute approximate surface area is 340 Å². The zero-order valence-corrected chi connectivity index (χ0v) is 35.1. The molecule has 1 unspecified atom stereocenters. The summed E-state index contributed by atoms with van der Waals surface area (Å²) in [5, 5.41) is 8.50. The number of aryl methyl sites for hydroxylation is 1. The maximum absolute atomic E-state index is 14.0. The number of methoxy groups -OCH3 is 1. The quantitative estimate of drug-likeness (QED) is 0.0629. The minimum atomic E-state index is -1.11. The molecule has 4 aromatic rings. The van der Waals surface area contributed by atoms with Crippen molar-refractivity contribution in [3.63, 3.8) is 0 Å². The topological polar surface area (TPSA) is 71.1 Å². The van der Waals surface area contributed by atoms with Crippen LogP contribution in [0.1, 0.15) is 107 Å². The number of hydrogen-bond donors (Lipinski definition) is 1. The average Bonchev–Trinajstić information content (AvgIpc) is 3.70. The van der Waals surface area contributed by atoms with E-state index in [1.807, 2.05) is 54.6 Å². The number of Topliss-reactive ketones (excluding diaryl/α,β-unsaturated/α-hetero) is 2. The van der Waals surface area contributed by atoms with Crippen LogP contribution in [-0.2, 0) is 21.7 Å². The molecule has 300 valence electrons. The number of nitrogens with zero attached hydrogens (tertiary/aromatic N) is 2. The van der Waals surface area contributed by atoms with Crippen molar-refractivity contribution in [3.8, 4) is 11.5 Å². The molecular formula is C48H62ClN3O4. The van der Waals surface area contributed by atoms with Crippen LogP contribution >= 0.6 is 11.6 Å². The molecule has 3 atom stereocenters. The number of nitrogens with one attached hydrogen (secondary N) is 1. The van der Waals surface area contributed by atoms with Crippen LogP contribution in [0.3, 0.4) is 0 Å². The second kappa shape index (κ2) is 20.9. The number of benzene rings is 4. The lowest BCUT2D eigenvalue weighted by Gasteiger charge is -2.39. The summed E-state index contributed by atoms with van der Waals surface area (Å²) in [6, 6.07) is 31.9. The number of unbranched alkanes of at least 4 members (excludes halogenated alkanes) is 3. The van der Waals surface area contributed by atoms with Crippen LogP contribution in [0.15, 0.2) is 97.1 Å². The predicted molar refractivity (Wildman–Crippen MR) is 228 cm³/mol. The van der Waals surface area contributed by atoms with E-state index in [9.17, 15) is 9.59 Å². The van der Waals surface area contributed by atoms with Crippen LogP contribution in [0.5, 0.6) is 11.5 Å². The molecule has 4 aromatic carbocycles. The van der Waals surface area contributed by atoms with Crippen LogP contribution in [0.4, 0.5) is 0 Å². The van der Waals surface area contributed by atoms with Crippen molar-refractivity contribution in [1.82, 2.24) is 15.3 Å². The Hall–Kier alpha value is -4.01. The molecule has 0 spiro atoms. The Morgan fingerprint density at radius 3 is 2.32 bits per heavy atom. The molecule has 5 rings (SSSR count). The van der Waals surface area contributed by atoms with Crippen molar-refractivity contribution in [2.45, 2.75) is 110 Å². The molecule has 0 bridgehead atoms. The molecule has 0 aliphatic carbocycles. The van der Waals surface area contributed by atoms with Crippen LogP contribution in [0.25, 0.3) is 0 Å². The van der Waals surface area contributed by atoms with E-state index in [0.29, 0.717) is 41.9 Å². The fraction of sp³-hybridized carbons (Fsp3) is 0.458. The van der Waals surface area contributed by atoms with Gasteiger partial charge in [-0.25, -0.2) is 10.0 Å². The third kappa shape index (κ3) is 10.7. The highest BCUT2D eigenvalue weighted by molar-refractivity contribution is 6.31. The van der Waals surface area contributed by atoms with Gasteiger partial charge in [0.1, 0.15) is 17.3 Å². The van der Waals surface area contributed by atoms with Gasteiger partial charge in [0.25, 0.3) is 0 Å². The van der Waals surface area contributed by atoms with E-state index in [2.05, 4.69) is 92.4 Å². The smallest absolute Gasteiger partial charge is 0.186 e. The largest absolute Gasteiger partial charge is 0.497 e. The van der Waals surface area contributed by atoms with E-state index < -0.39 is 5.60 Å². The minimum Gasteiger partial charge on any atom is -0.497 e. The van der Waals surface area contributed by atoms with Gasteiger partial charge in [0.05, 0.1) is 25.7 Å². The SMILES string of the molecule is CCCCCCC(=O)[C@H](CC(C)C)NCC(=O)[C@@H]1CCCN1N(CC)Cc1ccc(OC)cc1OC(c1ccccc1)(c1ccc(C)cc1)c1ccccc1Cl. The van der Waals surface area contributed by atoms with E-state index in [4.69, 9.17) is 21.1 Å². The maximum atomic E-state index is 14.0. The zero-order chi connectivity index (χ0) is 40.1. The summed E-state index contributed by atoms with van der Waals surface area (Å²) in [7, 11) is 1.66. The predicted octanol–water partition coefficient (Wildman–Crippen LogP) is 10.3. The molecule has 1 heterocycles. The van der Waals surface area contributed by atoms with Gasteiger partial charge < -0.3 is 14.8 Å². The molecular weight excluding hydrogens is 718 g/mol. The first-order chi connectivity index (χ1) is 27.1. The molecule has 1 aliphatic rings. The number of hydrazine groups is 1. The summed E-state index contributed by atoms with van der Waals surface area (Å²) in [6.07, 6.45) is 7.26. The van der Waals surface area contributed by atoms with Gasteiger partial charge in [-0.05, 0) is 50.7 Å². The fourth-order valence-electron chi connectivity index (χ4n) is 7.95. The summed E-state index contributed by atoms with van der Waals surface area (Å²) in [5.41, 5.74) is 3.69. The van der Waals surface area contributed by atoms with Crippen molar-refractivity contribution in [3.05, 3.63) is 130 Å². The maximum Gasteiger partial charge on any atom is 0.186 e. The number of carbonyl (C=O) groups is 2. The first-order valence-corrected chi connectivity index (χ1v) is 21.0. The lowest BCUT2D eigenvalue weighted by molar-refractivity contribution is -0.131. The second-order valence-corrected chi connectivity index (χ2v) is 16.0. The Kier molecular flexibility index (Phi) is 16.1.